The minimum Gasteiger partial charge on any atom is -0.370 e. The first-order chi connectivity index (χ1) is 11.9. The lowest BCUT2D eigenvalue weighted by molar-refractivity contribution is -0.0379. The van der Waals surface area contributed by atoms with Crippen LogP contribution in [0.4, 0.5) is 0 Å². The minimum atomic E-state index is -0.251. The van der Waals surface area contributed by atoms with Crippen molar-refractivity contribution in [2.45, 2.75) is 58.8 Å². The van der Waals surface area contributed by atoms with Gasteiger partial charge in [0.1, 0.15) is 11.2 Å². The molecule has 3 aromatic rings. The van der Waals surface area contributed by atoms with E-state index in [9.17, 15) is 4.79 Å². The van der Waals surface area contributed by atoms with Crippen LogP contribution in [0.3, 0.4) is 0 Å². The highest BCUT2D eigenvalue weighted by Crippen LogP contribution is 2.39. The van der Waals surface area contributed by atoms with E-state index in [2.05, 4.69) is 34.2 Å². The highest BCUT2D eigenvalue weighted by Gasteiger charge is 2.31. The Morgan fingerprint density at radius 3 is 3.08 bits per heavy atom. The van der Waals surface area contributed by atoms with Gasteiger partial charge in [0.25, 0.3) is 5.91 Å². The molecule has 0 radical (unpaired) electrons. The van der Waals surface area contributed by atoms with Gasteiger partial charge in [0, 0.05) is 17.3 Å². The van der Waals surface area contributed by atoms with Gasteiger partial charge in [-0.25, -0.2) is 14.5 Å². The summed E-state index contributed by atoms with van der Waals surface area (Å²) in [4.78, 5) is 23.5. The summed E-state index contributed by atoms with van der Waals surface area (Å²) in [5, 5.41) is 8.22. The molecule has 1 aliphatic heterocycles. The topological polar surface area (TPSA) is 81.4 Å². The number of ether oxygens (including phenoxy) is 1. The largest absolute Gasteiger partial charge is 0.370 e. The van der Waals surface area contributed by atoms with Crippen LogP contribution < -0.4 is 5.32 Å². The van der Waals surface area contributed by atoms with Crippen LogP contribution in [0.15, 0.2) is 6.33 Å². The fourth-order valence-electron chi connectivity index (χ4n) is 3.03. The van der Waals surface area contributed by atoms with Gasteiger partial charge in [-0.15, -0.1) is 16.4 Å². The number of aromatic nitrogens is 4. The third kappa shape index (κ3) is 2.79. The van der Waals surface area contributed by atoms with Crippen LogP contribution in [0.5, 0.6) is 0 Å². The summed E-state index contributed by atoms with van der Waals surface area (Å²) in [6, 6.07) is 0.0871. The monoisotopic (exact) mass is 359 g/mol. The number of thiophene rings is 1. The smallest absolute Gasteiger partial charge is 0.291 e. The quantitative estimate of drug-likeness (QED) is 0.778. The molecule has 1 atom stereocenters. The van der Waals surface area contributed by atoms with Gasteiger partial charge >= 0.3 is 0 Å². The molecule has 3 aromatic heterocycles. The molecule has 0 saturated carbocycles. The van der Waals surface area contributed by atoms with Gasteiger partial charge in [0.15, 0.2) is 5.65 Å². The Labute approximate surface area is 149 Å². The minimum absolute atomic E-state index is 0.0871. The molecule has 0 spiro atoms. The van der Waals surface area contributed by atoms with Crippen molar-refractivity contribution in [3.8, 4) is 0 Å². The molecule has 8 heteroatoms. The van der Waals surface area contributed by atoms with Gasteiger partial charge in [-0.1, -0.05) is 6.92 Å². The maximum Gasteiger partial charge on any atom is 0.291 e. The molecule has 1 unspecified atom stereocenters. The van der Waals surface area contributed by atoms with Crippen molar-refractivity contribution in [3.63, 3.8) is 0 Å². The number of rotatable bonds is 3. The molecule has 1 aliphatic rings. The first-order valence-corrected chi connectivity index (χ1v) is 9.30. The Morgan fingerprint density at radius 2 is 2.32 bits per heavy atom. The molecular weight excluding hydrogens is 338 g/mol. The molecule has 0 saturated heterocycles. The van der Waals surface area contributed by atoms with E-state index < -0.39 is 0 Å². The van der Waals surface area contributed by atoms with Crippen LogP contribution in [0.1, 0.15) is 55.2 Å². The SMILES string of the molecule is CCC(C)NC(=O)c1nc2c3c4c(sc3ncn2n1)COC(C)(C)C4. The van der Waals surface area contributed by atoms with Crippen molar-refractivity contribution >= 4 is 33.1 Å². The normalized spacial score (nSPS) is 17.6. The number of nitrogens with zero attached hydrogens (tertiary/aromatic N) is 4. The summed E-state index contributed by atoms with van der Waals surface area (Å²) in [6.45, 7) is 8.75. The standard InChI is InChI=1S/C17H21N5O2S/c1-5-9(2)19-15(23)13-20-14-12-10-6-17(3,4)24-7-11(10)25-16(12)18-8-22(14)21-13/h8-9H,5-7H2,1-4H3,(H,19,23). The van der Waals surface area contributed by atoms with Crippen molar-refractivity contribution in [2.75, 3.05) is 0 Å². The van der Waals surface area contributed by atoms with Crippen LogP contribution in [-0.2, 0) is 17.8 Å². The van der Waals surface area contributed by atoms with Crippen molar-refractivity contribution < 1.29 is 9.53 Å². The zero-order valence-corrected chi connectivity index (χ0v) is 15.6. The molecule has 0 aliphatic carbocycles. The van der Waals surface area contributed by atoms with Gasteiger partial charge in [-0.3, -0.25) is 4.79 Å². The number of hydrogen-bond acceptors (Lipinski definition) is 6. The van der Waals surface area contributed by atoms with E-state index >= 15 is 0 Å². The number of carbonyl (C=O) groups is 1. The number of hydrogen-bond donors (Lipinski definition) is 1. The fraction of sp³-hybridized carbons (Fsp3) is 0.529. The average molecular weight is 359 g/mol. The highest BCUT2D eigenvalue weighted by atomic mass is 32.1. The van der Waals surface area contributed by atoms with E-state index in [4.69, 9.17) is 4.74 Å². The first kappa shape index (κ1) is 16.4. The van der Waals surface area contributed by atoms with Gasteiger partial charge in [0.05, 0.1) is 17.6 Å². The van der Waals surface area contributed by atoms with Crippen LogP contribution in [0.2, 0.25) is 0 Å². The Balaban J connectivity index is 1.84. The fourth-order valence-corrected chi connectivity index (χ4v) is 4.09. The molecule has 4 heterocycles. The molecule has 0 fully saturated rings. The third-order valence-electron chi connectivity index (χ3n) is 4.60. The molecule has 1 amide bonds. The summed E-state index contributed by atoms with van der Waals surface area (Å²) in [5.41, 5.74) is 1.69. The molecule has 0 aromatic carbocycles. The number of fused-ring (bicyclic) bond motifs is 5. The highest BCUT2D eigenvalue weighted by molar-refractivity contribution is 7.19. The zero-order valence-electron chi connectivity index (χ0n) is 14.8. The van der Waals surface area contributed by atoms with Gasteiger partial charge in [-0.2, -0.15) is 0 Å². The lowest BCUT2D eigenvalue weighted by atomic mass is 9.94. The summed E-state index contributed by atoms with van der Waals surface area (Å²) in [7, 11) is 0. The Hall–Kier alpha value is -2.06. The maximum absolute atomic E-state index is 12.4. The van der Waals surface area contributed by atoms with E-state index in [1.807, 2.05) is 13.8 Å². The lowest BCUT2D eigenvalue weighted by Gasteiger charge is -2.30. The second-order valence-corrected chi connectivity index (χ2v) is 8.22. The molecule has 132 valence electrons. The molecular formula is C17H21N5O2S. The summed E-state index contributed by atoms with van der Waals surface area (Å²) < 4.78 is 7.51. The second-order valence-electron chi connectivity index (χ2n) is 7.14. The van der Waals surface area contributed by atoms with Gasteiger partial charge in [-0.05, 0) is 32.8 Å². The molecule has 0 bridgehead atoms. The number of carbonyl (C=O) groups excluding carboxylic acids is 1. The predicted molar refractivity (Wildman–Crippen MR) is 96.0 cm³/mol. The van der Waals surface area contributed by atoms with Crippen molar-refractivity contribution in [2.24, 2.45) is 0 Å². The summed E-state index contributed by atoms with van der Waals surface area (Å²) in [5.74, 6) is -0.0696. The molecule has 25 heavy (non-hydrogen) atoms. The molecule has 4 rings (SSSR count). The zero-order chi connectivity index (χ0) is 17.8. The van der Waals surface area contributed by atoms with E-state index in [0.29, 0.717) is 12.3 Å². The summed E-state index contributed by atoms with van der Waals surface area (Å²) in [6.07, 6.45) is 3.28. The van der Waals surface area contributed by atoms with Crippen LogP contribution in [0.25, 0.3) is 15.9 Å². The van der Waals surface area contributed by atoms with Gasteiger partial charge in [0.2, 0.25) is 5.82 Å². The van der Waals surface area contributed by atoms with E-state index in [1.165, 1.54) is 10.4 Å². The Morgan fingerprint density at radius 1 is 1.52 bits per heavy atom. The van der Waals surface area contributed by atoms with E-state index in [-0.39, 0.29) is 23.4 Å². The Bertz CT molecular complexity index is 974. The van der Waals surface area contributed by atoms with Crippen LogP contribution in [-0.4, -0.2) is 37.1 Å². The maximum atomic E-state index is 12.4. The second kappa shape index (κ2) is 5.74. The first-order valence-electron chi connectivity index (χ1n) is 8.48. The van der Waals surface area contributed by atoms with Crippen molar-refractivity contribution in [3.05, 3.63) is 22.6 Å². The molecule has 7 nitrogen and oxygen atoms in total. The van der Waals surface area contributed by atoms with E-state index in [0.717, 1.165) is 23.1 Å². The lowest BCUT2D eigenvalue weighted by Crippen LogP contribution is -2.32. The third-order valence-corrected chi connectivity index (χ3v) is 5.71. The Kier molecular flexibility index (Phi) is 3.77. The number of nitrogens with one attached hydrogen (secondary N) is 1. The number of amides is 1. The summed E-state index contributed by atoms with van der Waals surface area (Å²) >= 11 is 1.63. The van der Waals surface area contributed by atoms with Gasteiger partial charge < -0.3 is 10.1 Å². The molecule has 1 N–H and O–H groups in total. The van der Waals surface area contributed by atoms with Crippen LogP contribution in [0, 0.1) is 0 Å². The van der Waals surface area contributed by atoms with Crippen LogP contribution >= 0.6 is 11.3 Å². The average Bonchev–Trinajstić information content (AvgIpc) is 3.14. The predicted octanol–water partition coefficient (Wildman–Crippen LogP) is 2.72. The van der Waals surface area contributed by atoms with E-state index in [1.54, 1.807) is 22.2 Å². The van der Waals surface area contributed by atoms with Crippen molar-refractivity contribution in [1.82, 2.24) is 24.9 Å². The van der Waals surface area contributed by atoms with Crippen molar-refractivity contribution in [1.29, 1.82) is 0 Å².